The minimum atomic E-state index is -0.0656. The van der Waals surface area contributed by atoms with Crippen molar-refractivity contribution in [2.75, 3.05) is 6.61 Å². The molecule has 1 unspecified atom stereocenters. The minimum Gasteiger partial charge on any atom is -0.494 e. The molecule has 0 amide bonds. The fraction of sp³-hybridized carbons (Fsp3) is 0.158. The van der Waals surface area contributed by atoms with E-state index >= 15 is 0 Å². The second-order valence-corrected chi connectivity index (χ2v) is 16.6. The zero-order chi connectivity index (χ0) is 48.3. The predicted molar refractivity (Wildman–Crippen MR) is 276 cm³/mol. The molecule has 14 heteroatoms. The molecule has 0 aliphatic carbocycles. The van der Waals surface area contributed by atoms with Crippen LogP contribution in [-0.4, -0.2) is 63.9 Å². The van der Waals surface area contributed by atoms with Gasteiger partial charge in [-0.25, -0.2) is 9.97 Å². The lowest BCUT2D eigenvalue weighted by Crippen LogP contribution is -2.16. The van der Waals surface area contributed by atoms with Crippen LogP contribution in [0.3, 0.4) is 0 Å². The molecule has 4 aromatic heterocycles. The molecule has 10 aromatic rings. The molecule has 14 nitrogen and oxygen atoms in total. The Morgan fingerprint density at radius 3 is 1.58 bits per heavy atom. The van der Waals surface area contributed by atoms with Crippen LogP contribution in [-0.2, 0) is 26.1 Å². The van der Waals surface area contributed by atoms with Gasteiger partial charge < -0.3 is 18.9 Å². The number of para-hydroxylation sites is 2. The van der Waals surface area contributed by atoms with Crippen LogP contribution in [0, 0.1) is 0 Å². The van der Waals surface area contributed by atoms with Gasteiger partial charge in [0.15, 0.2) is 11.6 Å². The summed E-state index contributed by atoms with van der Waals surface area (Å²) in [5.41, 5.74) is 8.03. The molecular formula is C57H52N10O4. The third kappa shape index (κ3) is 14.5. The Balaban J connectivity index is 0.000000176. The first kappa shape index (κ1) is 47.0. The number of rotatable bonds is 20. The molecule has 0 saturated heterocycles. The van der Waals surface area contributed by atoms with Gasteiger partial charge in [-0.1, -0.05) is 132 Å². The highest BCUT2D eigenvalue weighted by Gasteiger charge is 2.10. The standard InChI is InChI=1S/C29H27N5O2.C28H25N5O2/c1-2-12-28-24(9-1)16-17-25(30-28)21-36-27-11-6-8-23(20-27)15-14-22-7-5-10-26(19-22)35-18-4-3-13-29-31-33-34-32-29;1-20(17-28-30-32-33-31-28)35-26-7-4-5-22(18-26)10-9-21-11-15-25(16-12-21)34-19-24-14-13-23-6-2-3-8-27(23)29-24/h1-2,5-12,14-17,19-20H,3-4,13,18,21H2,(H,31,32,33,34);2-16,18,20H,17,19H2,1H3,(H,30,31,32,33). The third-order valence-corrected chi connectivity index (χ3v) is 11.1. The van der Waals surface area contributed by atoms with Gasteiger partial charge in [0, 0.05) is 23.6 Å². The van der Waals surface area contributed by atoms with Gasteiger partial charge >= 0.3 is 0 Å². The smallest absolute Gasteiger partial charge is 0.178 e. The van der Waals surface area contributed by atoms with Crippen molar-refractivity contribution < 1.29 is 18.9 Å². The summed E-state index contributed by atoms with van der Waals surface area (Å²) in [6.45, 7) is 3.49. The SMILES string of the molecule is C(=Cc1cccc(OCc2ccc3ccccc3n2)c1)c1cccc(OCCCCc2nn[nH]n2)c1.CC(Cc1nn[nH]n1)Oc1cccc(C=Cc2ccc(OCc3ccc4ccccc4n3)cc2)c1. The lowest BCUT2D eigenvalue weighted by molar-refractivity contribution is 0.219. The fourth-order valence-corrected chi connectivity index (χ4v) is 7.52. The molecule has 0 bridgehead atoms. The van der Waals surface area contributed by atoms with E-state index in [1.807, 2.05) is 140 Å². The summed E-state index contributed by atoms with van der Waals surface area (Å²) in [6.07, 6.45) is 11.5. The molecule has 10 rings (SSSR count). The normalized spacial score (nSPS) is 11.7. The van der Waals surface area contributed by atoms with Gasteiger partial charge in [0.2, 0.25) is 0 Å². The number of aromatic nitrogens is 10. The molecular weight excluding hydrogens is 889 g/mol. The zero-order valence-corrected chi connectivity index (χ0v) is 39.2. The van der Waals surface area contributed by atoms with Gasteiger partial charge in [-0.2, -0.15) is 10.4 Å². The molecule has 0 aliphatic heterocycles. The molecule has 354 valence electrons. The average molecular weight is 941 g/mol. The summed E-state index contributed by atoms with van der Waals surface area (Å²) >= 11 is 0. The first-order chi connectivity index (χ1) is 35.0. The number of nitrogens with zero attached hydrogens (tertiary/aromatic N) is 8. The number of ether oxygens (including phenoxy) is 4. The van der Waals surface area contributed by atoms with Gasteiger partial charge in [-0.3, -0.25) is 0 Å². The summed E-state index contributed by atoms with van der Waals surface area (Å²) in [5.74, 6) is 4.65. The zero-order valence-electron chi connectivity index (χ0n) is 39.2. The fourth-order valence-electron chi connectivity index (χ4n) is 7.52. The maximum Gasteiger partial charge on any atom is 0.178 e. The maximum absolute atomic E-state index is 6.01. The van der Waals surface area contributed by atoms with Gasteiger partial charge in [-0.15, -0.1) is 20.4 Å². The van der Waals surface area contributed by atoms with Crippen LogP contribution in [0.25, 0.3) is 46.1 Å². The molecule has 0 spiro atoms. The van der Waals surface area contributed by atoms with Crippen LogP contribution < -0.4 is 18.9 Å². The topological polar surface area (TPSA) is 172 Å². The molecule has 4 heterocycles. The van der Waals surface area contributed by atoms with Crippen molar-refractivity contribution in [2.24, 2.45) is 0 Å². The van der Waals surface area contributed by atoms with Crippen molar-refractivity contribution >= 4 is 46.1 Å². The van der Waals surface area contributed by atoms with E-state index in [0.29, 0.717) is 32.1 Å². The molecule has 2 N–H and O–H groups in total. The second-order valence-electron chi connectivity index (χ2n) is 16.6. The predicted octanol–water partition coefficient (Wildman–Crippen LogP) is 11.4. The summed E-state index contributed by atoms with van der Waals surface area (Å²) in [7, 11) is 0. The molecule has 6 aromatic carbocycles. The van der Waals surface area contributed by atoms with Crippen LogP contribution in [0.2, 0.25) is 0 Å². The lowest BCUT2D eigenvalue weighted by atomic mass is 10.1. The lowest BCUT2D eigenvalue weighted by Gasteiger charge is -2.13. The van der Waals surface area contributed by atoms with Crippen molar-refractivity contribution in [3.63, 3.8) is 0 Å². The van der Waals surface area contributed by atoms with E-state index in [0.717, 1.165) is 104 Å². The Labute approximate surface area is 411 Å². The number of hydrogen-bond donors (Lipinski definition) is 2. The number of hydrogen-bond acceptors (Lipinski definition) is 12. The second kappa shape index (κ2) is 24.3. The highest BCUT2D eigenvalue weighted by atomic mass is 16.5. The number of aromatic amines is 2. The van der Waals surface area contributed by atoms with E-state index < -0.39 is 0 Å². The van der Waals surface area contributed by atoms with E-state index in [9.17, 15) is 0 Å². The Kier molecular flexibility index (Phi) is 16.1. The number of fused-ring (bicyclic) bond motifs is 2. The van der Waals surface area contributed by atoms with E-state index in [1.54, 1.807) is 0 Å². The van der Waals surface area contributed by atoms with E-state index in [1.165, 1.54) is 0 Å². The minimum absolute atomic E-state index is 0.0656. The highest BCUT2D eigenvalue weighted by molar-refractivity contribution is 5.79. The summed E-state index contributed by atoms with van der Waals surface area (Å²) in [4.78, 5) is 9.34. The van der Waals surface area contributed by atoms with Crippen LogP contribution in [0.5, 0.6) is 23.0 Å². The van der Waals surface area contributed by atoms with E-state index in [-0.39, 0.29) is 6.10 Å². The summed E-state index contributed by atoms with van der Waals surface area (Å²) < 4.78 is 23.9. The van der Waals surface area contributed by atoms with Crippen molar-refractivity contribution in [3.05, 3.63) is 215 Å². The van der Waals surface area contributed by atoms with Gasteiger partial charge in [-0.05, 0) is 115 Å². The highest BCUT2D eigenvalue weighted by Crippen LogP contribution is 2.23. The van der Waals surface area contributed by atoms with Crippen molar-refractivity contribution in [1.82, 2.24) is 51.2 Å². The number of benzene rings is 6. The number of tetrazole rings is 2. The molecule has 71 heavy (non-hydrogen) atoms. The molecule has 0 saturated carbocycles. The van der Waals surface area contributed by atoms with Gasteiger partial charge in [0.05, 0.1) is 29.0 Å². The summed E-state index contributed by atoms with van der Waals surface area (Å²) in [5, 5.41) is 30.2. The van der Waals surface area contributed by atoms with Crippen LogP contribution in [0.15, 0.2) is 170 Å². The Hall–Kier alpha value is -9.04. The Morgan fingerprint density at radius 2 is 0.986 bits per heavy atom. The van der Waals surface area contributed by atoms with Crippen molar-refractivity contribution in [2.45, 2.75) is 51.9 Å². The maximum atomic E-state index is 6.01. The van der Waals surface area contributed by atoms with E-state index in [4.69, 9.17) is 18.9 Å². The van der Waals surface area contributed by atoms with Crippen LogP contribution in [0.4, 0.5) is 0 Å². The molecule has 0 fully saturated rings. The Bertz CT molecular complexity index is 3290. The summed E-state index contributed by atoms with van der Waals surface area (Å²) in [6, 6.07) is 56.5. The average Bonchev–Trinajstić information content (AvgIpc) is 4.14. The van der Waals surface area contributed by atoms with E-state index in [2.05, 4.69) is 112 Å². The monoisotopic (exact) mass is 940 g/mol. The molecule has 0 aliphatic rings. The first-order valence-electron chi connectivity index (χ1n) is 23.5. The number of nitrogens with one attached hydrogen (secondary N) is 2. The Morgan fingerprint density at radius 1 is 0.465 bits per heavy atom. The molecule has 1 atom stereocenters. The number of H-pyrrole nitrogens is 2. The van der Waals surface area contributed by atoms with Crippen molar-refractivity contribution in [1.29, 1.82) is 0 Å². The number of aryl methyl sites for hydroxylation is 1. The van der Waals surface area contributed by atoms with Crippen LogP contribution in [0.1, 0.15) is 65.1 Å². The number of unbranched alkanes of at least 4 members (excludes halogenated alkanes) is 1. The quantitative estimate of drug-likeness (QED) is 0.0548. The van der Waals surface area contributed by atoms with Crippen LogP contribution >= 0.6 is 0 Å². The molecule has 0 radical (unpaired) electrons. The van der Waals surface area contributed by atoms with Gasteiger partial charge in [0.1, 0.15) is 42.3 Å². The largest absolute Gasteiger partial charge is 0.494 e. The van der Waals surface area contributed by atoms with Gasteiger partial charge in [0.25, 0.3) is 0 Å². The first-order valence-corrected chi connectivity index (χ1v) is 23.5. The third-order valence-electron chi connectivity index (χ3n) is 11.1. The number of pyridine rings is 2. The van der Waals surface area contributed by atoms with Crippen molar-refractivity contribution in [3.8, 4) is 23.0 Å².